The van der Waals surface area contributed by atoms with Crippen LogP contribution in [0.1, 0.15) is 52.5 Å². The monoisotopic (exact) mass is 1490 g/mol. The second-order valence-electron chi connectivity index (χ2n) is 24.9. The standard InChI is InChI=1S/C68H62N12O16S4.Cu/c1-33(22-37-26-41(81)8-18-55(37)85)77-97(89,90)45-12-15-48-52(30-45)65-69-61(48)71-66-54-32-47(99(93,94)79-35(3)24-39-28-43(83)10-20-57(39)87)14-17-50(54)63(73-66)75-68-60-51(6-5-7-59(60)100(95,96)80-36(4)25-40-29-44(84)11-21-58(40)88)64(76-68)74-67-53-31-46(13-16-49(53)62(70-65)72-67)98(91,92)78-34(2)23-38-27-42(82)9-19-56(38)86;/h5-21,26-36,77-80H,22-25H2,1-4H3,(H10,69,70,71,72,73,74,75,76,81,82,83,84,85,86,87,88);/q;+2. The summed E-state index contributed by atoms with van der Waals surface area (Å²) in [5.41, 5.74) is 0.551. The van der Waals surface area contributed by atoms with Crippen molar-refractivity contribution in [1.29, 1.82) is 0 Å². The Morgan fingerprint density at radius 3 is 1.55 bits per heavy atom. The van der Waals surface area contributed by atoms with Crippen LogP contribution in [-0.4, -0.2) is 113 Å². The van der Waals surface area contributed by atoms with Gasteiger partial charge in [0.25, 0.3) is 0 Å². The van der Waals surface area contributed by atoms with Gasteiger partial charge in [-0.1, -0.05) is 12.1 Å². The number of hydrogen-bond acceptors (Lipinski definition) is 18. The topological polar surface area (TPSA) is 445 Å². The van der Waals surface area contributed by atoms with E-state index in [4.69, 9.17) is 10.3 Å². The number of carbonyl (C=O) groups excluding carboxylic acids is 6. The fourth-order valence-electron chi connectivity index (χ4n) is 12.6. The predicted molar refractivity (Wildman–Crippen MR) is 368 cm³/mol. The van der Waals surface area contributed by atoms with E-state index in [0.717, 1.165) is 54.7 Å². The molecule has 8 aromatic rings. The van der Waals surface area contributed by atoms with Crippen LogP contribution in [0, 0.1) is 0 Å². The molecule has 33 heteroatoms. The minimum absolute atomic E-state index is 0. The van der Waals surface area contributed by atoms with E-state index >= 15 is 0 Å². The first-order chi connectivity index (χ1) is 47.3. The van der Waals surface area contributed by atoms with Crippen molar-refractivity contribution < 1.29 is 100 Å². The fourth-order valence-corrected chi connectivity index (χ4v) is 17.9. The molecule has 101 heavy (non-hydrogen) atoms. The molecule has 13 rings (SSSR count). The second kappa shape index (κ2) is 27.2. The molecule has 3 aliphatic carbocycles. The molecule has 3 aromatic heterocycles. The van der Waals surface area contributed by atoms with E-state index in [9.17, 15) is 72.7 Å². The van der Waals surface area contributed by atoms with Gasteiger partial charge in [-0.25, -0.2) is 58.4 Å². The Morgan fingerprint density at radius 1 is 0.475 bits per heavy atom. The number of benzene rings is 5. The van der Waals surface area contributed by atoms with Crippen LogP contribution in [0.2, 0.25) is 0 Å². The zero-order valence-electron chi connectivity index (χ0n) is 53.6. The van der Waals surface area contributed by atoms with Crippen LogP contribution in [-0.2, 0) is 92.3 Å². The van der Waals surface area contributed by atoms with Crippen LogP contribution < -0.4 is 55.6 Å². The molecule has 5 aliphatic rings. The van der Waals surface area contributed by atoms with Crippen molar-refractivity contribution >= 4 is 154 Å². The van der Waals surface area contributed by atoms with Crippen LogP contribution in [0.3, 0.4) is 0 Å². The molecule has 5 aromatic carbocycles. The predicted octanol–water partition coefficient (Wildman–Crippen LogP) is 3.26. The average molecular weight is 1500 g/mol. The summed E-state index contributed by atoms with van der Waals surface area (Å²) < 4.78 is 127. The number of anilines is 3. The summed E-state index contributed by atoms with van der Waals surface area (Å²) >= 11 is 0. The molecule has 5 heterocycles. The number of aromatic amines is 2. The minimum Gasteiger partial charge on any atom is -0.628 e. The number of nitrogens with zero attached hydrogens (tertiary/aromatic N) is 2. The molecule has 0 saturated heterocycles. The summed E-state index contributed by atoms with van der Waals surface area (Å²) in [4.78, 5) is 85.7. The molecule has 0 spiro atoms. The van der Waals surface area contributed by atoms with Crippen molar-refractivity contribution in [3.05, 3.63) is 184 Å². The van der Waals surface area contributed by atoms with Gasteiger partial charge in [0, 0.05) is 79.3 Å². The SMILES string of the molecule is CC(CC1=CC(=O)C=CC1=O)NS(=O)(=O)c1ccc2c(c1)=C1Nc3[nH]c(c4c(S(=O)(=O)NC(C)CC5=CC(=O)C=CC5=O)cccc34)Nc3[nH]c(c4cc(S(=O)(=O)NC(C)CC5=CC(=O)C=CC5=O)ccc34)[NH2+]c3[n-]c(c4cc(S(=O)(=O)NC(C)Cc5cc(O)ccc5O)ccc34)[N-]C=2[NH2+]1.[Cu+2]. The molecule has 14 N–H and O–H groups in total. The number of nitrogens with two attached hydrogens (primary N) is 2. The third-order valence-corrected chi connectivity index (χ3v) is 23.5. The van der Waals surface area contributed by atoms with Gasteiger partial charge in [-0.3, -0.25) is 49.7 Å². The van der Waals surface area contributed by atoms with Gasteiger partial charge >= 0.3 is 17.1 Å². The number of rotatable bonds is 20. The number of nitrogens with one attached hydrogen (secondary N) is 8. The van der Waals surface area contributed by atoms with E-state index in [1.165, 1.54) is 106 Å². The van der Waals surface area contributed by atoms with Crippen LogP contribution in [0.15, 0.2) is 182 Å². The quantitative estimate of drug-likeness (QED) is 0.0296. The normalized spacial score (nSPS) is 16.9. The molecular formula is C68H62CuN12O16S4+2. The summed E-state index contributed by atoms with van der Waals surface area (Å²) in [5, 5.41) is 37.6. The Bertz CT molecular complexity index is 5810. The molecule has 4 unspecified atom stereocenters. The molecule has 0 amide bonds. The Balaban J connectivity index is 0.00000965. The van der Waals surface area contributed by atoms with Gasteiger partial charge in [-0.05, 0) is 198 Å². The Labute approximate surface area is 587 Å². The summed E-state index contributed by atoms with van der Waals surface area (Å²) in [6.07, 6.45) is 9.66. The molecule has 523 valence electrons. The first-order valence-electron chi connectivity index (χ1n) is 31.1. The number of aromatic nitrogens is 3. The first-order valence-corrected chi connectivity index (χ1v) is 37.0. The van der Waals surface area contributed by atoms with E-state index in [1.807, 2.05) is 0 Å². The number of quaternary nitrogens is 2. The van der Waals surface area contributed by atoms with Gasteiger partial charge in [0.2, 0.25) is 51.7 Å². The largest absolute Gasteiger partial charge is 2.00 e. The number of H-pyrrole nitrogens is 2. The summed E-state index contributed by atoms with van der Waals surface area (Å²) in [5.74, 6) is -2.02. The summed E-state index contributed by atoms with van der Waals surface area (Å²) in [7, 11) is -17.9. The van der Waals surface area contributed by atoms with Gasteiger partial charge in [0.1, 0.15) is 29.0 Å². The Hall–Kier alpha value is -10.0. The van der Waals surface area contributed by atoms with Crippen molar-refractivity contribution in [1.82, 2.24) is 33.8 Å². The van der Waals surface area contributed by atoms with Crippen molar-refractivity contribution in [2.45, 2.75) is 97.1 Å². The summed E-state index contributed by atoms with van der Waals surface area (Å²) in [6, 6.07) is 17.3. The van der Waals surface area contributed by atoms with Crippen molar-refractivity contribution in [2.24, 2.45) is 0 Å². The third kappa shape index (κ3) is 14.5. The first kappa shape index (κ1) is 70.8. The van der Waals surface area contributed by atoms with Crippen LogP contribution in [0.25, 0.3) is 49.3 Å². The number of carbonyl (C=O) groups is 6. The van der Waals surface area contributed by atoms with E-state index in [1.54, 1.807) is 23.6 Å². The van der Waals surface area contributed by atoms with Crippen molar-refractivity contribution in [3.63, 3.8) is 0 Å². The molecular weight excluding hydrogens is 1430 g/mol. The number of aromatic hydroxyl groups is 2. The van der Waals surface area contributed by atoms with Gasteiger partial charge in [0.05, 0.1) is 30.2 Å². The van der Waals surface area contributed by atoms with E-state index in [2.05, 4.69) is 39.5 Å². The van der Waals surface area contributed by atoms with Crippen molar-refractivity contribution in [3.8, 4) is 11.5 Å². The summed E-state index contributed by atoms with van der Waals surface area (Å²) in [6.45, 7) is 6.16. The molecule has 2 aliphatic heterocycles. The Morgan fingerprint density at radius 2 is 0.980 bits per heavy atom. The average Bonchev–Trinajstić information content (AvgIpc) is 1.60. The third-order valence-electron chi connectivity index (χ3n) is 17.1. The fraction of sp³-hybridized carbons (Fsp3) is 0.176. The molecule has 0 fully saturated rings. The zero-order chi connectivity index (χ0) is 71.1. The molecule has 8 bridgehead atoms. The number of hydrogen-bond donors (Lipinski definition) is 12. The van der Waals surface area contributed by atoms with E-state index in [-0.39, 0.29) is 169 Å². The number of phenols is 2. The van der Waals surface area contributed by atoms with Crippen LogP contribution in [0.4, 0.5) is 34.9 Å². The van der Waals surface area contributed by atoms with E-state index < -0.39 is 99.0 Å². The second-order valence-corrected chi connectivity index (χ2v) is 31.7. The molecule has 4 atom stereocenters. The Kier molecular flexibility index (Phi) is 19.1. The molecule has 0 saturated carbocycles. The number of ketones is 6. The van der Waals surface area contributed by atoms with E-state index in [0.29, 0.717) is 16.0 Å². The minimum atomic E-state index is -4.60. The maximum atomic E-state index is 15.0. The van der Waals surface area contributed by atoms with Crippen LogP contribution >= 0.6 is 0 Å². The van der Waals surface area contributed by atoms with Crippen molar-refractivity contribution in [2.75, 3.05) is 10.6 Å². The molecule has 1 radical (unpaired) electrons. The molecule has 28 nitrogen and oxygen atoms in total. The smallest absolute Gasteiger partial charge is 0.628 e. The number of allylic oxidation sites excluding steroid dienone is 9. The number of fused-ring (bicyclic) bond motifs is 18. The zero-order valence-corrected chi connectivity index (χ0v) is 57.8. The van der Waals surface area contributed by atoms with Gasteiger partial charge in [-0.2, -0.15) is 0 Å². The van der Waals surface area contributed by atoms with Gasteiger partial charge in [-0.15, -0.1) is 0 Å². The maximum Gasteiger partial charge on any atom is 2.00 e. The van der Waals surface area contributed by atoms with Gasteiger partial charge in [0.15, 0.2) is 34.7 Å². The maximum absolute atomic E-state index is 15.0. The number of sulfonamides is 4. The number of phenolic OH excluding ortho intramolecular Hbond substituents is 2. The van der Waals surface area contributed by atoms with Crippen LogP contribution in [0.5, 0.6) is 11.5 Å². The van der Waals surface area contributed by atoms with Gasteiger partial charge < -0.3 is 30.8 Å².